The van der Waals surface area contributed by atoms with Crippen molar-refractivity contribution < 1.29 is 9.32 Å². The normalized spacial score (nSPS) is 22.4. The highest BCUT2D eigenvalue weighted by molar-refractivity contribution is 6.37. The molecule has 0 spiro atoms. The highest BCUT2D eigenvalue weighted by Crippen LogP contribution is 2.37. The van der Waals surface area contributed by atoms with E-state index in [0.717, 1.165) is 62.3 Å². The van der Waals surface area contributed by atoms with Gasteiger partial charge in [-0.2, -0.15) is 0 Å². The zero-order chi connectivity index (χ0) is 22.2. The Balaban J connectivity index is 1.43. The van der Waals surface area contributed by atoms with Gasteiger partial charge in [-0.1, -0.05) is 48.5 Å². The van der Waals surface area contributed by atoms with Gasteiger partial charge in [0.25, 0.3) is 5.56 Å². The first-order valence-corrected chi connectivity index (χ1v) is 12.3. The Bertz CT molecular complexity index is 1210. The van der Waals surface area contributed by atoms with Crippen molar-refractivity contribution in [1.29, 1.82) is 0 Å². The maximum atomic E-state index is 13.6. The lowest BCUT2D eigenvalue weighted by molar-refractivity contribution is -0.126. The van der Waals surface area contributed by atoms with E-state index in [9.17, 15) is 9.59 Å². The van der Waals surface area contributed by atoms with Crippen LogP contribution in [0.2, 0.25) is 5.02 Å². The van der Waals surface area contributed by atoms with E-state index in [4.69, 9.17) is 16.1 Å². The summed E-state index contributed by atoms with van der Waals surface area (Å²) in [7, 11) is 0. The van der Waals surface area contributed by atoms with Crippen LogP contribution in [0.5, 0.6) is 0 Å². The first-order valence-electron chi connectivity index (χ1n) is 11.9. The van der Waals surface area contributed by atoms with Crippen molar-refractivity contribution in [2.24, 2.45) is 11.8 Å². The predicted octanol–water partition coefficient (Wildman–Crippen LogP) is 5.53. The molecule has 2 aliphatic carbocycles. The van der Waals surface area contributed by atoms with Crippen molar-refractivity contribution >= 4 is 39.3 Å². The van der Waals surface area contributed by atoms with Gasteiger partial charge in [0.2, 0.25) is 5.91 Å². The molecule has 1 aromatic carbocycles. The van der Waals surface area contributed by atoms with Crippen LogP contribution >= 0.6 is 11.6 Å². The molecule has 32 heavy (non-hydrogen) atoms. The third-order valence-corrected chi connectivity index (χ3v) is 7.76. The lowest BCUT2D eigenvalue weighted by Crippen LogP contribution is -2.37. The van der Waals surface area contributed by atoms with Gasteiger partial charge in [0.05, 0.1) is 10.5 Å². The maximum absolute atomic E-state index is 13.6. The zero-order valence-corrected chi connectivity index (χ0v) is 19.3. The molecular formula is C25H30ClN3O3. The van der Waals surface area contributed by atoms with Crippen LogP contribution in [0.3, 0.4) is 0 Å². The summed E-state index contributed by atoms with van der Waals surface area (Å²) in [5.74, 6) is 1.27. The zero-order valence-electron chi connectivity index (χ0n) is 18.5. The smallest absolute Gasteiger partial charge is 0.264 e. The quantitative estimate of drug-likeness (QED) is 0.560. The molecule has 0 aliphatic heterocycles. The lowest BCUT2D eigenvalue weighted by atomic mass is 9.84. The minimum atomic E-state index is -0.0644. The van der Waals surface area contributed by atoms with Crippen molar-refractivity contribution in [1.82, 2.24) is 15.0 Å². The van der Waals surface area contributed by atoms with Crippen LogP contribution in [-0.4, -0.2) is 22.2 Å². The molecule has 1 N–H and O–H groups in total. The van der Waals surface area contributed by atoms with Crippen molar-refractivity contribution in [3.8, 4) is 0 Å². The third-order valence-electron chi connectivity index (χ3n) is 7.44. The van der Waals surface area contributed by atoms with Gasteiger partial charge in [-0.15, -0.1) is 0 Å². The van der Waals surface area contributed by atoms with Gasteiger partial charge in [-0.25, -0.2) is 0 Å². The molecule has 3 aromatic rings. The minimum Gasteiger partial charge on any atom is -0.360 e. The van der Waals surface area contributed by atoms with Crippen LogP contribution < -0.4 is 10.9 Å². The summed E-state index contributed by atoms with van der Waals surface area (Å²) in [6.45, 7) is 2.46. The Hall–Kier alpha value is -2.34. The first-order chi connectivity index (χ1) is 15.5. The molecule has 2 aromatic heterocycles. The molecule has 2 heterocycles. The molecule has 0 bridgehead atoms. The highest BCUT2D eigenvalue weighted by atomic mass is 35.5. The summed E-state index contributed by atoms with van der Waals surface area (Å²) in [5.41, 5.74) is 1.28. The van der Waals surface area contributed by atoms with E-state index in [0.29, 0.717) is 34.1 Å². The van der Waals surface area contributed by atoms with Crippen LogP contribution in [0.25, 0.3) is 21.8 Å². The topological polar surface area (TPSA) is 77.1 Å². The van der Waals surface area contributed by atoms with E-state index in [-0.39, 0.29) is 23.4 Å². The molecular weight excluding hydrogens is 426 g/mol. The number of aromatic nitrogens is 2. The summed E-state index contributed by atoms with van der Waals surface area (Å²) in [4.78, 5) is 26.2. The Kier molecular flexibility index (Phi) is 5.97. The van der Waals surface area contributed by atoms with Crippen molar-refractivity contribution in [2.45, 2.75) is 70.8 Å². The SMILES string of the molecule is Cc1onc2c1c(=O)n([C@H]1CCC[C@@H](CNC(=O)C3CCCCC3)C1)c1cccc(Cl)c21. The number of rotatable bonds is 4. The second-order valence-corrected chi connectivity index (χ2v) is 9.95. The number of benzene rings is 1. The van der Waals surface area contributed by atoms with Gasteiger partial charge < -0.3 is 14.4 Å². The molecule has 2 fully saturated rings. The van der Waals surface area contributed by atoms with E-state index < -0.39 is 0 Å². The fourth-order valence-electron chi connectivity index (χ4n) is 5.77. The number of carbonyl (C=O) groups excluding carboxylic acids is 1. The molecule has 0 saturated heterocycles. The fourth-order valence-corrected chi connectivity index (χ4v) is 6.03. The maximum Gasteiger partial charge on any atom is 0.264 e. The van der Waals surface area contributed by atoms with Crippen LogP contribution in [0.4, 0.5) is 0 Å². The molecule has 1 amide bonds. The van der Waals surface area contributed by atoms with Gasteiger partial charge in [0.15, 0.2) is 0 Å². The molecule has 170 valence electrons. The Morgan fingerprint density at radius 1 is 1.16 bits per heavy atom. The number of nitrogens with one attached hydrogen (secondary N) is 1. The summed E-state index contributed by atoms with van der Waals surface area (Å²) in [6.07, 6.45) is 9.50. The number of fused-ring (bicyclic) bond motifs is 3. The number of hydrogen-bond acceptors (Lipinski definition) is 4. The standard InChI is InChI=1S/C25H30ClN3O3/c1-15-21-23(28-32-15)22-19(26)11-6-12-20(22)29(25(21)31)18-10-5-7-16(13-18)14-27-24(30)17-8-3-2-4-9-17/h6,11-12,16-18H,2-5,7-10,13-14H2,1H3,(H,27,30)/t16-,18+/m1/s1. The van der Waals surface area contributed by atoms with Gasteiger partial charge in [-0.3, -0.25) is 9.59 Å². The van der Waals surface area contributed by atoms with Gasteiger partial charge in [-0.05, 0) is 57.1 Å². The van der Waals surface area contributed by atoms with Crippen LogP contribution in [-0.2, 0) is 4.79 Å². The second-order valence-electron chi connectivity index (χ2n) is 9.54. The molecule has 2 aliphatic rings. The Morgan fingerprint density at radius 2 is 1.97 bits per heavy atom. The van der Waals surface area contributed by atoms with E-state index in [1.807, 2.05) is 22.8 Å². The van der Waals surface area contributed by atoms with Gasteiger partial charge in [0, 0.05) is 23.9 Å². The number of hydrogen-bond donors (Lipinski definition) is 1. The molecule has 0 unspecified atom stereocenters. The van der Waals surface area contributed by atoms with E-state index in [1.54, 1.807) is 6.92 Å². The number of amides is 1. The predicted molar refractivity (Wildman–Crippen MR) is 126 cm³/mol. The number of aryl methyl sites for hydroxylation is 1. The number of nitrogens with zero attached hydrogens (tertiary/aromatic N) is 2. The summed E-state index contributed by atoms with van der Waals surface area (Å²) in [5, 5.41) is 9.21. The van der Waals surface area contributed by atoms with Crippen LogP contribution in [0, 0.1) is 18.8 Å². The summed E-state index contributed by atoms with van der Waals surface area (Å²) >= 11 is 6.55. The Labute approximate surface area is 192 Å². The molecule has 7 heteroatoms. The molecule has 5 rings (SSSR count). The van der Waals surface area contributed by atoms with E-state index in [2.05, 4.69) is 10.5 Å². The van der Waals surface area contributed by atoms with Gasteiger partial charge >= 0.3 is 0 Å². The van der Waals surface area contributed by atoms with Crippen molar-refractivity contribution in [3.05, 3.63) is 39.3 Å². The summed E-state index contributed by atoms with van der Waals surface area (Å²) in [6, 6.07) is 5.71. The highest BCUT2D eigenvalue weighted by Gasteiger charge is 2.29. The fraction of sp³-hybridized carbons (Fsp3) is 0.560. The average molecular weight is 456 g/mol. The molecule has 0 radical (unpaired) electrons. The number of carbonyl (C=O) groups is 1. The van der Waals surface area contributed by atoms with Crippen LogP contribution in [0.15, 0.2) is 27.5 Å². The lowest BCUT2D eigenvalue weighted by Gasteiger charge is -2.32. The number of pyridine rings is 1. The van der Waals surface area contributed by atoms with E-state index in [1.165, 1.54) is 6.42 Å². The largest absolute Gasteiger partial charge is 0.360 e. The average Bonchev–Trinajstić information content (AvgIpc) is 3.20. The third kappa shape index (κ3) is 3.83. The summed E-state index contributed by atoms with van der Waals surface area (Å²) < 4.78 is 7.28. The monoisotopic (exact) mass is 455 g/mol. The molecule has 6 nitrogen and oxygen atoms in total. The van der Waals surface area contributed by atoms with E-state index >= 15 is 0 Å². The van der Waals surface area contributed by atoms with Gasteiger partial charge in [0.1, 0.15) is 16.7 Å². The van der Waals surface area contributed by atoms with Crippen molar-refractivity contribution in [2.75, 3.05) is 6.54 Å². The second kappa shape index (κ2) is 8.89. The number of halogens is 1. The Morgan fingerprint density at radius 3 is 2.78 bits per heavy atom. The molecule has 2 saturated carbocycles. The van der Waals surface area contributed by atoms with Crippen LogP contribution in [0.1, 0.15) is 69.6 Å². The molecule has 2 atom stereocenters. The van der Waals surface area contributed by atoms with Crippen molar-refractivity contribution in [3.63, 3.8) is 0 Å². The minimum absolute atomic E-state index is 0.0625. The first kappa shape index (κ1) is 21.5.